The summed E-state index contributed by atoms with van der Waals surface area (Å²) in [6, 6.07) is -4.39. The summed E-state index contributed by atoms with van der Waals surface area (Å²) in [5.74, 6) is -3.27. The SMILES string of the molecule is C[C@H](NC(=O)[C@H](CCCCN)NC(=O)[C@@H](N)CS)C(=O)N[C@@H](CO)C(=O)O. The summed E-state index contributed by atoms with van der Waals surface area (Å²) in [6.45, 7) is 0.984. The van der Waals surface area contributed by atoms with Crippen molar-refractivity contribution in [1.82, 2.24) is 16.0 Å². The zero-order valence-electron chi connectivity index (χ0n) is 15.2. The third-order valence-corrected chi connectivity index (χ3v) is 4.06. The van der Waals surface area contributed by atoms with E-state index >= 15 is 0 Å². The van der Waals surface area contributed by atoms with E-state index in [0.29, 0.717) is 19.4 Å². The van der Waals surface area contributed by atoms with Crippen LogP contribution in [-0.4, -0.2) is 77.0 Å². The fourth-order valence-electron chi connectivity index (χ4n) is 1.99. The predicted octanol–water partition coefficient (Wildman–Crippen LogP) is -3.08. The Hall–Kier alpha value is -1.89. The Labute approximate surface area is 163 Å². The number of aliphatic hydroxyl groups is 1. The number of unbranched alkanes of at least 4 members (excludes halogenated alkanes) is 1. The average molecular weight is 407 g/mol. The normalized spacial score (nSPS) is 15.1. The van der Waals surface area contributed by atoms with Gasteiger partial charge < -0.3 is 37.6 Å². The molecule has 0 aromatic heterocycles. The number of nitrogens with one attached hydrogen (secondary N) is 3. The first-order valence-corrected chi connectivity index (χ1v) is 9.12. The third kappa shape index (κ3) is 9.56. The standard InChI is InChI=1S/C15H29N5O6S/c1-8(12(22)20-11(6-21)15(25)26)18-14(24)10(4-2-3-5-16)19-13(23)9(17)7-27/h8-11,21,27H,2-7,16-17H2,1H3,(H,18,24)(H,19,23)(H,20,22)(H,25,26)/t8-,9-,10-,11-/m0/s1. The van der Waals surface area contributed by atoms with Crippen LogP contribution in [0, 0.1) is 0 Å². The number of amides is 3. The molecule has 27 heavy (non-hydrogen) atoms. The van der Waals surface area contributed by atoms with Gasteiger partial charge in [0.05, 0.1) is 12.6 Å². The number of carboxylic acids is 1. The van der Waals surface area contributed by atoms with Crippen molar-refractivity contribution in [2.75, 3.05) is 18.9 Å². The maximum absolute atomic E-state index is 12.4. The molecule has 0 bridgehead atoms. The van der Waals surface area contributed by atoms with Crippen LogP contribution >= 0.6 is 12.6 Å². The van der Waals surface area contributed by atoms with Gasteiger partial charge in [0.25, 0.3) is 0 Å². The number of hydrogen-bond acceptors (Lipinski definition) is 8. The minimum Gasteiger partial charge on any atom is -0.480 e. The van der Waals surface area contributed by atoms with Crippen LogP contribution in [0.4, 0.5) is 0 Å². The molecule has 4 atom stereocenters. The van der Waals surface area contributed by atoms with Gasteiger partial charge >= 0.3 is 5.97 Å². The molecule has 0 aromatic carbocycles. The molecule has 156 valence electrons. The highest BCUT2D eigenvalue weighted by atomic mass is 32.1. The first-order valence-electron chi connectivity index (χ1n) is 8.49. The van der Waals surface area contributed by atoms with Gasteiger partial charge in [0.15, 0.2) is 0 Å². The van der Waals surface area contributed by atoms with E-state index in [1.54, 1.807) is 0 Å². The third-order valence-electron chi connectivity index (χ3n) is 3.66. The molecule has 0 unspecified atom stereocenters. The molecule has 0 saturated heterocycles. The van der Waals surface area contributed by atoms with E-state index in [0.717, 1.165) is 0 Å². The van der Waals surface area contributed by atoms with E-state index < -0.39 is 54.5 Å². The summed E-state index contributed by atoms with van der Waals surface area (Å²) >= 11 is 3.93. The molecule has 0 spiro atoms. The topological polar surface area (TPSA) is 197 Å². The van der Waals surface area contributed by atoms with E-state index in [9.17, 15) is 19.2 Å². The Balaban J connectivity index is 4.90. The highest BCUT2D eigenvalue weighted by Gasteiger charge is 2.27. The van der Waals surface area contributed by atoms with Crippen LogP contribution in [0.3, 0.4) is 0 Å². The Morgan fingerprint density at radius 3 is 2.07 bits per heavy atom. The largest absolute Gasteiger partial charge is 0.480 e. The van der Waals surface area contributed by atoms with Crippen LogP contribution in [-0.2, 0) is 19.2 Å². The van der Waals surface area contributed by atoms with Crippen molar-refractivity contribution in [2.24, 2.45) is 11.5 Å². The molecule has 0 radical (unpaired) electrons. The van der Waals surface area contributed by atoms with Crippen LogP contribution in [0.5, 0.6) is 0 Å². The summed E-state index contributed by atoms with van der Waals surface area (Å²) in [5.41, 5.74) is 11.0. The molecule has 3 amide bonds. The van der Waals surface area contributed by atoms with Gasteiger partial charge in [-0.1, -0.05) is 0 Å². The van der Waals surface area contributed by atoms with E-state index in [4.69, 9.17) is 21.7 Å². The molecule has 11 nitrogen and oxygen atoms in total. The maximum atomic E-state index is 12.4. The van der Waals surface area contributed by atoms with Crippen molar-refractivity contribution < 1.29 is 29.4 Å². The molecule has 0 saturated carbocycles. The Morgan fingerprint density at radius 2 is 1.59 bits per heavy atom. The lowest BCUT2D eigenvalue weighted by Gasteiger charge is -2.23. The van der Waals surface area contributed by atoms with Crippen LogP contribution in [0.2, 0.25) is 0 Å². The lowest BCUT2D eigenvalue weighted by molar-refractivity contribution is -0.143. The second-order valence-corrected chi connectivity index (χ2v) is 6.31. The maximum Gasteiger partial charge on any atom is 0.328 e. The van der Waals surface area contributed by atoms with Crippen LogP contribution in [0.25, 0.3) is 0 Å². The molecule has 0 heterocycles. The Kier molecular flexibility index (Phi) is 12.4. The van der Waals surface area contributed by atoms with Gasteiger partial charge in [0, 0.05) is 5.75 Å². The quantitative estimate of drug-likeness (QED) is 0.116. The average Bonchev–Trinajstić information content (AvgIpc) is 2.63. The molecular weight excluding hydrogens is 378 g/mol. The van der Waals surface area contributed by atoms with Gasteiger partial charge in [0.1, 0.15) is 18.1 Å². The first kappa shape index (κ1) is 25.1. The minimum atomic E-state index is -1.48. The zero-order valence-corrected chi connectivity index (χ0v) is 16.1. The lowest BCUT2D eigenvalue weighted by Crippen LogP contribution is -2.56. The number of carbonyl (C=O) groups is 4. The fourth-order valence-corrected chi connectivity index (χ4v) is 2.15. The molecular formula is C15H29N5O6S. The smallest absolute Gasteiger partial charge is 0.328 e. The number of nitrogens with two attached hydrogens (primary N) is 2. The van der Waals surface area contributed by atoms with E-state index in [-0.39, 0.29) is 12.2 Å². The summed E-state index contributed by atoms with van der Waals surface area (Å²) in [5, 5.41) is 24.8. The molecule has 0 fully saturated rings. The highest BCUT2D eigenvalue weighted by molar-refractivity contribution is 7.80. The first-order chi connectivity index (χ1) is 12.7. The van der Waals surface area contributed by atoms with Crippen molar-refractivity contribution >= 4 is 36.3 Å². The van der Waals surface area contributed by atoms with Gasteiger partial charge in [-0.15, -0.1) is 0 Å². The molecule has 9 N–H and O–H groups in total. The van der Waals surface area contributed by atoms with Gasteiger partial charge in [0.2, 0.25) is 17.7 Å². The number of carboxylic acid groups (broad SMARTS) is 1. The monoisotopic (exact) mass is 407 g/mol. The molecule has 0 rings (SSSR count). The Bertz CT molecular complexity index is 521. The van der Waals surface area contributed by atoms with Gasteiger partial charge in [-0.2, -0.15) is 12.6 Å². The number of thiol groups is 1. The molecule has 12 heteroatoms. The lowest BCUT2D eigenvalue weighted by atomic mass is 10.1. The number of hydrogen-bond donors (Lipinski definition) is 8. The number of aliphatic hydroxyl groups excluding tert-OH is 1. The fraction of sp³-hybridized carbons (Fsp3) is 0.733. The van der Waals surface area contributed by atoms with Crippen molar-refractivity contribution in [3.63, 3.8) is 0 Å². The van der Waals surface area contributed by atoms with Crippen LogP contribution in [0.15, 0.2) is 0 Å². The van der Waals surface area contributed by atoms with Crippen molar-refractivity contribution in [1.29, 1.82) is 0 Å². The second kappa shape index (κ2) is 13.3. The van der Waals surface area contributed by atoms with E-state index in [1.165, 1.54) is 6.92 Å². The van der Waals surface area contributed by atoms with Gasteiger partial charge in [-0.3, -0.25) is 14.4 Å². The minimum absolute atomic E-state index is 0.0967. The van der Waals surface area contributed by atoms with Gasteiger partial charge in [-0.25, -0.2) is 4.79 Å². The second-order valence-electron chi connectivity index (χ2n) is 5.95. The van der Waals surface area contributed by atoms with E-state index in [2.05, 4.69) is 28.6 Å². The van der Waals surface area contributed by atoms with Crippen molar-refractivity contribution in [2.45, 2.75) is 50.4 Å². The Morgan fingerprint density at radius 1 is 1.00 bits per heavy atom. The summed E-state index contributed by atoms with van der Waals surface area (Å²) in [4.78, 5) is 47.2. The van der Waals surface area contributed by atoms with Crippen LogP contribution < -0.4 is 27.4 Å². The summed E-state index contributed by atoms with van der Waals surface area (Å²) < 4.78 is 0. The number of rotatable bonds is 13. The molecule has 0 aliphatic heterocycles. The summed E-state index contributed by atoms with van der Waals surface area (Å²) in [6.07, 6.45) is 1.50. The van der Waals surface area contributed by atoms with Crippen molar-refractivity contribution in [3.8, 4) is 0 Å². The predicted molar refractivity (Wildman–Crippen MR) is 101 cm³/mol. The van der Waals surface area contributed by atoms with E-state index in [1.807, 2.05) is 0 Å². The molecule has 0 aliphatic carbocycles. The number of aliphatic carboxylic acids is 1. The molecule has 0 aliphatic rings. The van der Waals surface area contributed by atoms with Crippen molar-refractivity contribution in [3.05, 3.63) is 0 Å². The van der Waals surface area contributed by atoms with Crippen LogP contribution in [0.1, 0.15) is 26.2 Å². The number of carbonyl (C=O) groups excluding carboxylic acids is 3. The van der Waals surface area contributed by atoms with Gasteiger partial charge in [-0.05, 0) is 32.7 Å². The zero-order chi connectivity index (χ0) is 21.0. The summed E-state index contributed by atoms with van der Waals surface area (Å²) in [7, 11) is 0. The highest BCUT2D eigenvalue weighted by Crippen LogP contribution is 2.03. The molecule has 0 aromatic rings.